The lowest BCUT2D eigenvalue weighted by Crippen LogP contribution is -2.49. The number of hydrogen-bond acceptors (Lipinski definition) is 5. The highest BCUT2D eigenvalue weighted by atomic mass is 32.1. The molecule has 0 bridgehead atoms. The van der Waals surface area contributed by atoms with Crippen LogP contribution in [0.3, 0.4) is 0 Å². The van der Waals surface area contributed by atoms with Crippen LogP contribution in [0.2, 0.25) is 0 Å². The van der Waals surface area contributed by atoms with Gasteiger partial charge in [-0.2, -0.15) is 4.37 Å². The van der Waals surface area contributed by atoms with Gasteiger partial charge >= 0.3 is 5.97 Å². The van der Waals surface area contributed by atoms with Crippen molar-refractivity contribution in [3.8, 4) is 0 Å². The molecule has 0 saturated heterocycles. The molecule has 112 valence electrons. The van der Waals surface area contributed by atoms with Gasteiger partial charge in [-0.1, -0.05) is 40.5 Å². The summed E-state index contributed by atoms with van der Waals surface area (Å²) in [5, 5.41) is 13.4. The Kier molecular flexibility index (Phi) is 4.04. The molecule has 1 heterocycles. The molecule has 0 aliphatic heterocycles. The summed E-state index contributed by atoms with van der Waals surface area (Å²) >= 11 is 1.25. The molecule has 20 heavy (non-hydrogen) atoms. The maximum Gasteiger partial charge on any atom is 0.329 e. The van der Waals surface area contributed by atoms with Crippen LogP contribution >= 0.6 is 11.5 Å². The average molecular weight is 297 g/mol. The Morgan fingerprint density at radius 1 is 1.50 bits per heavy atom. The van der Waals surface area contributed by atoms with Gasteiger partial charge in [-0.25, -0.2) is 9.78 Å². The minimum absolute atomic E-state index is 0.118. The third-order valence-electron chi connectivity index (χ3n) is 3.85. The molecular weight excluding hydrogens is 274 g/mol. The fourth-order valence-electron chi connectivity index (χ4n) is 2.70. The van der Waals surface area contributed by atoms with Gasteiger partial charge in [-0.05, 0) is 18.8 Å². The minimum Gasteiger partial charge on any atom is -0.480 e. The lowest BCUT2D eigenvalue weighted by atomic mass is 9.76. The summed E-state index contributed by atoms with van der Waals surface area (Å²) in [7, 11) is 0. The zero-order valence-corrected chi connectivity index (χ0v) is 13.4. The Balaban J connectivity index is 2.21. The van der Waals surface area contributed by atoms with Gasteiger partial charge in [0.2, 0.25) is 5.13 Å². The fraction of sp³-hybridized carbons (Fsp3) is 0.786. The molecular formula is C14H23N3O2S. The smallest absolute Gasteiger partial charge is 0.329 e. The SMILES string of the molecule is CC1CCCC(Nc2nc(C(C)(C)C)ns2)(C(=O)O)C1. The standard InChI is InChI=1S/C14H23N3O2S/c1-9-6-5-7-14(8-9,11(18)19)16-12-15-10(17-20-12)13(2,3)4/h9H,5-8H2,1-4H3,(H,18,19)(H,15,16,17). The first-order valence-corrected chi connectivity index (χ1v) is 7.86. The number of carbonyl (C=O) groups is 1. The second-order valence-electron chi connectivity index (χ2n) is 6.89. The number of nitrogens with zero attached hydrogens (tertiary/aromatic N) is 2. The molecule has 2 N–H and O–H groups in total. The Hall–Kier alpha value is -1.17. The van der Waals surface area contributed by atoms with Crippen molar-refractivity contribution in [2.24, 2.45) is 5.92 Å². The van der Waals surface area contributed by atoms with Gasteiger partial charge in [0.25, 0.3) is 0 Å². The number of nitrogens with one attached hydrogen (secondary N) is 1. The number of anilines is 1. The van der Waals surface area contributed by atoms with E-state index in [0.717, 1.165) is 18.7 Å². The van der Waals surface area contributed by atoms with Gasteiger partial charge < -0.3 is 10.4 Å². The summed E-state index contributed by atoms with van der Waals surface area (Å²) in [5.74, 6) is 0.397. The number of aliphatic carboxylic acids is 1. The number of aromatic nitrogens is 2. The highest BCUT2D eigenvalue weighted by Crippen LogP contribution is 2.36. The van der Waals surface area contributed by atoms with Gasteiger partial charge in [-0.15, -0.1) is 0 Å². The normalized spacial score (nSPS) is 27.3. The van der Waals surface area contributed by atoms with E-state index in [9.17, 15) is 9.90 Å². The first-order valence-electron chi connectivity index (χ1n) is 7.09. The molecule has 5 nitrogen and oxygen atoms in total. The summed E-state index contributed by atoms with van der Waals surface area (Å²) in [6.45, 7) is 8.26. The monoisotopic (exact) mass is 297 g/mol. The van der Waals surface area contributed by atoms with Gasteiger partial charge in [0, 0.05) is 16.9 Å². The van der Waals surface area contributed by atoms with Crippen LogP contribution in [-0.4, -0.2) is 26.0 Å². The van der Waals surface area contributed by atoms with Crippen LogP contribution in [0, 0.1) is 5.92 Å². The largest absolute Gasteiger partial charge is 0.480 e. The Morgan fingerprint density at radius 3 is 2.70 bits per heavy atom. The molecule has 2 rings (SSSR count). The van der Waals surface area contributed by atoms with Crippen molar-refractivity contribution in [3.05, 3.63) is 5.82 Å². The minimum atomic E-state index is -0.883. The van der Waals surface area contributed by atoms with Crippen LogP contribution in [0.15, 0.2) is 0 Å². The van der Waals surface area contributed by atoms with Crippen molar-refractivity contribution >= 4 is 22.6 Å². The molecule has 0 spiro atoms. The van der Waals surface area contributed by atoms with Crippen molar-refractivity contribution in [1.29, 1.82) is 0 Å². The molecule has 1 aliphatic rings. The van der Waals surface area contributed by atoms with E-state index < -0.39 is 11.5 Å². The molecule has 1 saturated carbocycles. The molecule has 0 aromatic carbocycles. The van der Waals surface area contributed by atoms with E-state index in [1.807, 2.05) is 0 Å². The van der Waals surface area contributed by atoms with Crippen LogP contribution in [0.1, 0.15) is 59.2 Å². The van der Waals surface area contributed by atoms with Gasteiger partial charge in [0.05, 0.1) is 0 Å². The molecule has 2 unspecified atom stereocenters. The molecule has 6 heteroatoms. The predicted octanol–water partition coefficient (Wildman–Crippen LogP) is 3.28. The van der Waals surface area contributed by atoms with Crippen molar-refractivity contribution in [3.63, 3.8) is 0 Å². The molecule has 1 aromatic heterocycles. The highest BCUT2D eigenvalue weighted by molar-refractivity contribution is 7.09. The molecule has 0 amide bonds. The Bertz CT molecular complexity index is 495. The van der Waals surface area contributed by atoms with E-state index in [2.05, 4.69) is 42.4 Å². The number of rotatable bonds is 3. The average Bonchev–Trinajstić information content (AvgIpc) is 2.76. The maximum absolute atomic E-state index is 11.7. The van der Waals surface area contributed by atoms with Crippen LogP contribution < -0.4 is 5.32 Å². The number of carboxylic acid groups (broad SMARTS) is 1. The zero-order chi connectivity index (χ0) is 15.0. The molecule has 1 aromatic rings. The van der Waals surface area contributed by atoms with Gasteiger partial charge in [0.1, 0.15) is 11.4 Å². The zero-order valence-electron chi connectivity index (χ0n) is 12.6. The topological polar surface area (TPSA) is 75.1 Å². The summed E-state index contributed by atoms with van der Waals surface area (Å²) in [4.78, 5) is 16.2. The van der Waals surface area contributed by atoms with Gasteiger partial charge in [-0.3, -0.25) is 0 Å². The predicted molar refractivity (Wildman–Crippen MR) is 80.2 cm³/mol. The Labute approximate surface area is 124 Å². The van der Waals surface area contributed by atoms with E-state index in [0.29, 0.717) is 23.9 Å². The summed E-state index contributed by atoms with van der Waals surface area (Å²) in [5.41, 5.74) is -1.00. The van der Waals surface area contributed by atoms with Crippen molar-refractivity contribution < 1.29 is 9.90 Å². The van der Waals surface area contributed by atoms with Crippen molar-refractivity contribution in [1.82, 2.24) is 9.36 Å². The van der Waals surface area contributed by atoms with E-state index in [1.54, 1.807) is 0 Å². The van der Waals surface area contributed by atoms with E-state index in [-0.39, 0.29) is 5.41 Å². The maximum atomic E-state index is 11.7. The van der Waals surface area contributed by atoms with Crippen LogP contribution in [0.4, 0.5) is 5.13 Å². The molecule has 0 radical (unpaired) electrons. The first kappa shape index (κ1) is 15.2. The fourth-order valence-corrected chi connectivity index (χ4v) is 3.55. The molecule has 1 aliphatic carbocycles. The lowest BCUT2D eigenvalue weighted by molar-refractivity contribution is -0.144. The summed E-state index contributed by atoms with van der Waals surface area (Å²) in [6, 6.07) is 0. The second-order valence-corrected chi connectivity index (χ2v) is 7.64. The highest BCUT2D eigenvalue weighted by Gasteiger charge is 2.42. The van der Waals surface area contributed by atoms with E-state index in [4.69, 9.17) is 0 Å². The first-order chi connectivity index (χ1) is 9.23. The summed E-state index contributed by atoms with van der Waals surface area (Å²) < 4.78 is 4.34. The molecule has 1 fully saturated rings. The third kappa shape index (κ3) is 3.11. The summed E-state index contributed by atoms with van der Waals surface area (Å²) in [6.07, 6.45) is 3.33. The quantitative estimate of drug-likeness (QED) is 0.895. The van der Waals surface area contributed by atoms with E-state index in [1.165, 1.54) is 11.5 Å². The lowest BCUT2D eigenvalue weighted by Gasteiger charge is -2.36. The second kappa shape index (κ2) is 5.31. The van der Waals surface area contributed by atoms with Crippen molar-refractivity contribution in [2.45, 2.75) is 64.3 Å². The van der Waals surface area contributed by atoms with Gasteiger partial charge in [0.15, 0.2) is 0 Å². The number of carboxylic acids is 1. The Morgan fingerprint density at radius 2 is 2.20 bits per heavy atom. The van der Waals surface area contributed by atoms with Crippen LogP contribution in [0.5, 0.6) is 0 Å². The van der Waals surface area contributed by atoms with E-state index >= 15 is 0 Å². The number of hydrogen-bond donors (Lipinski definition) is 2. The molecule has 2 atom stereocenters. The van der Waals surface area contributed by atoms with Crippen LogP contribution in [-0.2, 0) is 10.2 Å². The third-order valence-corrected chi connectivity index (χ3v) is 4.48. The van der Waals surface area contributed by atoms with Crippen LogP contribution in [0.25, 0.3) is 0 Å². The van der Waals surface area contributed by atoms with Crippen molar-refractivity contribution in [2.75, 3.05) is 5.32 Å².